The summed E-state index contributed by atoms with van der Waals surface area (Å²) >= 11 is 10.9. The molecule has 1 amide bonds. The monoisotopic (exact) mass is 305 g/mol. The Morgan fingerprint density at radius 3 is 2.75 bits per heavy atom. The Morgan fingerprint density at radius 1 is 1.35 bits per heavy atom. The quantitative estimate of drug-likeness (QED) is 0.856. The van der Waals surface area contributed by atoms with Gasteiger partial charge in [-0.1, -0.05) is 23.8 Å². The number of benzene rings is 1. The van der Waals surface area contributed by atoms with Gasteiger partial charge >= 0.3 is 0 Å². The second-order valence-corrected chi connectivity index (χ2v) is 5.07. The predicted molar refractivity (Wildman–Crippen MR) is 84.3 cm³/mol. The first-order valence-corrected chi connectivity index (χ1v) is 6.59. The number of halogens is 1. The molecular formula is C14H12ClN3OS. The summed E-state index contributed by atoms with van der Waals surface area (Å²) in [5.74, 6) is -0.268. The summed E-state index contributed by atoms with van der Waals surface area (Å²) < 4.78 is 0. The van der Waals surface area contributed by atoms with Gasteiger partial charge in [-0.25, -0.2) is 0 Å². The number of pyridine rings is 1. The molecule has 6 heteroatoms. The van der Waals surface area contributed by atoms with E-state index < -0.39 is 0 Å². The van der Waals surface area contributed by atoms with Crippen LogP contribution in [-0.2, 0) is 0 Å². The molecule has 1 aromatic heterocycles. The first-order valence-electron chi connectivity index (χ1n) is 5.81. The van der Waals surface area contributed by atoms with Crippen LogP contribution in [0, 0.1) is 6.92 Å². The van der Waals surface area contributed by atoms with Gasteiger partial charge in [0.05, 0.1) is 5.69 Å². The molecule has 1 aromatic carbocycles. The van der Waals surface area contributed by atoms with E-state index >= 15 is 0 Å². The molecule has 0 unspecified atom stereocenters. The van der Waals surface area contributed by atoms with E-state index in [9.17, 15) is 4.79 Å². The Bertz CT molecular complexity index is 688. The van der Waals surface area contributed by atoms with Crippen LogP contribution in [0.15, 0.2) is 36.5 Å². The minimum Gasteiger partial charge on any atom is -0.389 e. The van der Waals surface area contributed by atoms with Gasteiger partial charge in [-0.3, -0.25) is 9.78 Å². The van der Waals surface area contributed by atoms with Crippen LogP contribution in [0.25, 0.3) is 0 Å². The first-order chi connectivity index (χ1) is 9.47. The molecule has 0 saturated carbocycles. The van der Waals surface area contributed by atoms with Gasteiger partial charge in [0.2, 0.25) is 0 Å². The summed E-state index contributed by atoms with van der Waals surface area (Å²) in [4.78, 5) is 16.4. The number of amides is 1. The molecule has 4 nitrogen and oxygen atoms in total. The number of nitrogens with one attached hydrogen (secondary N) is 1. The summed E-state index contributed by atoms with van der Waals surface area (Å²) in [6.45, 7) is 1.82. The average molecular weight is 306 g/mol. The molecule has 3 N–H and O–H groups in total. The molecule has 2 aromatic rings. The van der Waals surface area contributed by atoms with Crippen LogP contribution < -0.4 is 11.1 Å². The molecule has 0 atom stereocenters. The standard InChI is InChI=1S/C14H12ClN3OS/c1-8-6-9(4-5-17-8)14(19)18-12-7-10(15)2-3-11(12)13(16)20/h2-7H,1H3,(H2,16,20)(H,18,19). The van der Waals surface area contributed by atoms with Crippen molar-refractivity contribution in [3.05, 3.63) is 58.4 Å². The fourth-order valence-corrected chi connectivity index (χ4v) is 2.07. The van der Waals surface area contributed by atoms with Gasteiger partial charge < -0.3 is 11.1 Å². The fraction of sp³-hybridized carbons (Fsp3) is 0.0714. The number of carbonyl (C=O) groups is 1. The lowest BCUT2D eigenvalue weighted by Gasteiger charge is -2.11. The zero-order valence-electron chi connectivity index (χ0n) is 10.7. The number of rotatable bonds is 3. The number of aromatic nitrogens is 1. The van der Waals surface area contributed by atoms with Crippen LogP contribution in [-0.4, -0.2) is 15.9 Å². The molecule has 102 valence electrons. The lowest BCUT2D eigenvalue weighted by Crippen LogP contribution is -2.17. The normalized spacial score (nSPS) is 10.1. The van der Waals surface area contributed by atoms with Crippen molar-refractivity contribution in [1.29, 1.82) is 0 Å². The zero-order valence-corrected chi connectivity index (χ0v) is 12.3. The van der Waals surface area contributed by atoms with Crippen LogP contribution in [0.1, 0.15) is 21.6 Å². The summed E-state index contributed by atoms with van der Waals surface area (Å²) in [6.07, 6.45) is 1.58. The van der Waals surface area contributed by atoms with Crippen molar-refractivity contribution in [1.82, 2.24) is 4.98 Å². The predicted octanol–water partition coefficient (Wildman–Crippen LogP) is 2.93. The highest BCUT2D eigenvalue weighted by Crippen LogP contribution is 2.21. The number of thiocarbonyl (C=S) groups is 1. The third kappa shape index (κ3) is 3.31. The van der Waals surface area contributed by atoms with Crippen LogP contribution in [0.5, 0.6) is 0 Å². The van der Waals surface area contributed by atoms with Gasteiger partial charge in [-0.2, -0.15) is 0 Å². The SMILES string of the molecule is Cc1cc(C(=O)Nc2cc(Cl)ccc2C(N)=S)ccn1. The van der Waals surface area contributed by atoms with Crippen molar-refractivity contribution >= 4 is 40.4 Å². The highest BCUT2D eigenvalue weighted by Gasteiger charge is 2.11. The highest BCUT2D eigenvalue weighted by atomic mass is 35.5. The number of hydrogen-bond donors (Lipinski definition) is 2. The van der Waals surface area contributed by atoms with Crippen molar-refractivity contribution in [2.75, 3.05) is 5.32 Å². The topological polar surface area (TPSA) is 68.0 Å². The molecule has 1 heterocycles. The lowest BCUT2D eigenvalue weighted by atomic mass is 10.1. The Labute approximate surface area is 127 Å². The molecular weight excluding hydrogens is 294 g/mol. The Morgan fingerprint density at radius 2 is 2.10 bits per heavy atom. The van der Waals surface area contributed by atoms with Crippen molar-refractivity contribution in [3.63, 3.8) is 0 Å². The third-order valence-electron chi connectivity index (χ3n) is 2.65. The molecule has 0 radical (unpaired) electrons. The lowest BCUT2D eigenvalue weighted by molar-refractivity contribution is 0.102. The minimum absolute atomic E-state index is 0.197. The van der Waals surface area contributed by atoms with Gasteiger partial charge in [0.25, 0.3) is 5.91 Å². The molecule has 0 aliphatic carbocycles. The molecule has 0 spiro atoms. The van der Waals surface area contributed by atoms with E-state index in [-0.39, 0.29) is 10.9 Å². The number of hydrogen-bond acceptors (Lipinski definition) is 3. The van der Waals surface area contributed by atoms with E-state index in [1.165, 1.54) is 0 Å². The second kappa shape index (κ2) is 5.98. The van der Waals surface area contributed by atoms with Crippen molar-refractivity contribution in [3.8, 4) is 0 Å². The molecule has 0 saturated heterocycles. The van der Waals surface area contributed by atoms with Crippen LogP contribution in [0.4, 0.5) is 5.69 Å². The molecule has 2 rings (SSSR count). The highest BCUT2D eigenvalue weighted by molar-refractivity contribution is 7.80. The maximum atomic E-state index is 12.2. The summed E-state index contributed by atoms with van der Waals surface area (Å²) in [6, 6.07) is 8.29. The summed E-state index contributed by atoms with van der Waals surface area (Å²) in [5.41, 5.74) is 7.96. The molecule has 20 heavy (non-hydrogen) atoms. The van der Waals surface area contributed by atoms with Crippen molar-refractivity contribution in [2.45, 2.75) is 6.92 Å². The summed E-state index contributed by atoms with van der Waals surface area (Å²) in [7, 11) is 0. The molecule has 0 fully saturated rings. The Balaban J connectivity index is 2.32. The smallest absolute Gasteiger partial charge is 0.255 e. The van der Waals surface area contributed by atoms with Gasteiger partial charge in [0, 0.05) is 28.0 Å². The van der Waals surface area contributed by atoms with E-state index in [4.69, 9.17) is 29.6 Å². The average Bonchev–Trinajstić information content (AvgIpc) is 2.38. The number of nitrogens with two attached hydrogens (primary N) is 1. The van der Waals surface area contributed by atoms with Gasteiger partial charge in [-0.05, 0) is 37.3 Å². The van der Waals surface area contributed by atoms with Crippen LogP contribution in [0.2, 0.25) is 5.02 Å². The Kier molecular flexibility index (Phi) is 4.32. The third-order valence-corrected chi connectivity index (χ3v) is 3.11. The second-order valence-electron chi connectivity index (χ2n) is 4.19. The van der Waals surface area contributed by atoms with Crippen LogP contribution >= 0.6 is 23.8 Å². The maximum Gasteiger partial charge on any atom is 0.255 e. The maximum absolute atomic E-state index is 12.2. The molecule has 0 aliphatic heterocycles. The number of nitrogens with zero attached hydrogens (tertiary/aromatic N) is 1. The largest absolute Gasteiger partial charge is 0.389 e. The van der Waals surface area contributed by atoms with Crippen molar-refractivity contribution in [2.24, 2.45) is 5.73 Å². The molecule has 0 bridgehead atoms. The van der Waals surface area contributed by atoms with Gasteiger partial charge in [0.15, 0.2) is 0 Å². The fourth-order valence-electron chi connectivity index (χ4n) is 1.72. The first kappa shape index (κ1) is 14.4. The van der Waals surface area contributed by atoms with Gasteiger partial charge in [-0.15, -0.1) is 0 Å². The number of anilines is 1. The van der Waals surface area contributed by atoms with Crippen LogP contribution in [0.3, 0.4) is 0 Å². The van der Waals surface area contributed by atoms with Crippen molar-refractivity contribution < 1.29 is 4.79 Å². The van der Waals surface area contributed by atoms with E-state index in [0.29, 0.717) is 21.8 Å². The van der Waals surface area contributed by atoms with E-state index in [1.807, 2.05) is 6.92 Å². The zero-order chi connectivity index (χ0) is 14.7. The summed E-state index contributed by atoms with van der Waals surface area (Å²) in [5, 5.41) is 3.25. The minimum atomic E-state index is -0.268. The number of aryl methyl sites for hydroxylation is 1. The number of carbonyl (C=O) groups excluding carboxylic acids is 1. The Hall–Kier alpha value is -1.98. The van der Waals surface area contributed by atoms with E-state index in [0.717, 1.165) is 5.69 Å². The van der Waals surface area contributed by atoms with E-state index in [2.05, 4.69) is 10.3 Å². The van der Waals surface area contributed by atoms with Gasteiger partial charge in [0.1, 0.15) is 4.99 Å². The van der Waals surface area contributed by atoms with E-state index in [1.54, 1.807) is 36.5 Å². The molecule has 0 aliphatic rings.